The van der Waals surface area contributed by atoms with Crippen molar-refractivity contribution in [2.24, 2.45) is 0 Å². The number of nitrogens with one attached hydrogen (secondary N) is 1. The van der Waals surface area contributed by atoms with Gasteiger partial charge < -0.3 is 19.9 Å². The molecule has 1 aliphatic rings. The number of aliphatic hydroxyl groups is 1. The molecule has 8 heteroatoms. The van der Waals surface area contributed by atoms with E-state index in [1.807, 2.05) is 60.7 Å². The molecular formula is C25H24ClN3O3S. The molecule has 6 nitrogen and oxygen atoms in total. The molecule has 2 aromatic carbocycles. The van der Waals surface area contributed by atoms with Gasteiger partial charge in [-0.2, -0.15) is 0 Å². The van der Waals surface area contributed by atoms with Crippen LogP contribution in [0.5, 0.6) is 16.7 Å². The molecule has 1 saturated heterocycles. The second-order valence-electron chi connectivity index (χ2n) is 8.22. The summed E-state index contributed by atoms with van der Waals surface area (Å²) < 4.78 is 12.3. The van der Waals surface area contributed by atoms with Gasteiger partial charge in [-0.3, -0.25) is 0 Å². The number of hydrogen-bond donors (Lipinski definition) is 2. The molecule has 1 aliphatic heterocycles. The predicted molar refractivity (Wildman–Crippen MR) is 130 cm³/mol. The van der Waals surface area contributed by atoms with Gasteiger partial charge in [-0.1, -0.05) is 35.1 Å². The van der Waals surface area contributed by atoms with Gasteiger partial charge in [0.25, 0.3) is 5.19 Å². The third-order valence-electron chi connectivity index (χ3n) is 5.80. The van der Waals surface area contributed by atoms with Gasteiger partial charge in [-0.05, 0) is 80.0 Å². The zero-order valence-corrected chi connectivity index (χ0v) is 19.5. The Kier molecular flexibility index (Phi) is 6.46. The average molecular weight is 482 g/mol. The van der Waals surface area contributed by atoms with Crippen molar-refractivity contribution >= 4 is 33.3 Å². The molecule has 170 valence electrons. The van der Waals surface area contributed by atoms with Crippen LogP contribution in [-0.2, 0) is 0 Å². The first-order valence-electron chi connectivity index (χ1n) is 10.9. The Labute approximate surface area is 201 Å². The van der Waals surface area contributed by atoms with Crippen LogP contribution < -0.4 is 14.8 Å². The van der Waals surface area contributed by atoms with Crippen molar-refractivity contribution in [1.82, 2.24) is 15.3 Å². The number of aromatic nitrogens is 2. The molecule has 0 saturated carbocycles. The van der Waals surface area contributed by atoms with E-state index in [0.717, 1.165) is 29.0 Å². The van der Waals surface area contributed by atoms with Crippen molar-refractivity contribution in [2.45, 2.75) is 31.0 Å². The second kappa shape index (κ2) is 9.65. The summed E-state index contributed by atoms with van der Waals surface area (Å²) in [5.41, 5.74) is 1.03. The van der Waals surface area contributed by atoms with E-state index in [1.165, 1.54) is 11.3 Å². The average Bonchev–Trinajstić information content (AvgIpc) is 3.23. The largest absolute Gasteiger partial charge is 0.486 e. The molecule has 0 spiro atoms. The zero-order chi connectivity index (χ0) is 22.7. The maximum atomic E-state index is 11.1. The first kappa shape index (κ1) is 22.1. The Bertz CT molecular complexity index is 1170. The quantitative estimate of drug-likeness (QED) is 0.349. The van der Waals surface area contributed by atoms with Crippen LogP contribution in [0, 0.1) is 0 Å². The highest BCUT2D eigenvalue weighted by molar-refractivity contribution is 7.19. The van der Waals surface area contributed by atoms with Crippen LogP contribution in [0.25, 0.3) is 10.3 Å². The van der Waals surface area contributed by atoms with Crippen LogP contribution in [0.3, 0.4) is 0 Å². The van der Waals surface area contributed by atoms with Gasteiger partial charge >= 0.3 is 0 Å². The van der Waals surface area contributed by atoms with E-state index < -0.39 is 5.60 Å². The molecular weight excluding hydrogens is 458 g/mol. The Morgan fingerprint density at radius 1 is 1.03 bits per heavy atom. The summed E-state index contributed by atoms with van der Waals surface area (Å²) in [7, 11) is 0. The summed E-state index contributed by atoms with van der Waals surface area (Å²) in [6.07, 6.45) is 3.35. The maximum absolute atomic E-state index is 11.1. The minimum absolute atomic E-state index is 0.299. The number of fused-ring (bicyclic) bond motifs is 1. The Hall–Kier alpha value is -2.71. The highest BCUT2D eigenvalue weighted by Gasteiger charge is 2.33. The third-order valence-corrected chi connectivity index (χ3v) is 6.90. The lowest BCUT2D eigenvalue weighted by molar-refractivity contribution is -0.0277. The topological polar surface area (TPSA) is 76.5 Å². The fourth-order valence-electron chi connectivity index (χ4n) is 3.99. The molecule has 1 atom stereocenters. The fourth-order valence-corrected chi connectivity index (χ4v) is 4.90. The highest BCUT2D eigenvalue weighted by atomic mass is 35.5. The number of halogens is 1. The van der Waals surface area contributed by atoms with Gasteiger partial charge in [0.15, 0.2) is 0 Å². The van der Waals surface area contributed by atoms with Crippen molar-refractivity contribution in [3.63, 3.8) is 0 Å². The van der Waals surface area contributed by atoms with Gasteiger partial charge in [-0.25, -0.2) is 9.97 Å². The third kappa shape index (κ3) is 5.45. The molecule has 0 amide bonds. The Morgan fingerprint density at radius 3 is 2.48 bits per heavy atom. The monoisotopic (exact) mass is 481 g/mol. The lowest BCUT2D eigenvalue weighted by atomic mass is 9.85. The maximum Gasteiger partial charge on any atom is 0.281 e. The summed E-state index contributed by atoms with van der Waals surface area (Å²) in [5, 5.41) is 15.6. The van der Waals surface area contributed by atoms with E-state index in [2.05, 4.69) is 15.3 Å². The molecule has 4 aromatic rings. The number of pyridine rings is 1. The molecule has 1 fully saturated rings. The lowest BCUT2D eigenvalue weighted by Gasteiger charge is -2.35. The van der Waals surface area contributed by atoms with Gasteiger partial charge in [0, 0.05) is 17.6 Å². The van der Waals surface area contributed by atoms with Crippen molar-refractivity contribution < 1.29 is 14.6 Å². The van der Waals surface area contributed by atoms with E-state index in [4.69, 9.17) is 21.1 Å². The van der Waals surface area contributed by atoms with E-state index >= 15 is 0 Å². The molecule has 0 aliphatic carbocycles. The molecule has 5 rings (SSSR count). The number of nitrogens with zero attached hydrogens (tertiary/aromatic N) is 2. The Balaban J connectivity index is 1.32. The summed E-state index contributed by atoms with van der Waals surface area (Å²) in [6.45, 7) is 1.61. The lowest BCUT2D eigenvalue weighted by Crippen LogP contribution is -2.43. The normalized spacial score (nSPS) is 16.4. The van der Waals surface area contributed by atoms with Gasteiger partial charge in [0.1, 0.15) is 28.0 Å². The number of thiazole rings is 1. The fraction of sp³-hybridized carbons (Fsp3) is 0.280. The van der Waals surface area contributed by atoms with Crippen molar-refractivity contribution in [3.8, 4) is 16.7 Å². The van der Waals surface area contributed by atoms with Crippen LogP contribution in [-0.4, -0.2) is 33.8 Å². The van der Waals surface area contributed by atoms with Crippen LogP contribution >= 0.6 is 22.9 Å². The zero-order valence-electron chi connectivity index (χ0n) is 17.9. The van der Waals surface area contributed by atoms with Crippen LogP contribution in [0.15, 0.2) is 66.9 Å². The molecule has 2 aromatic heterocycles. The van der Waals surface area contributed by atoms with Gasteiger partial charge in [0.2, 0.25) is 0 Å². The summed E-state index contributed by atoms with van der Waals surface area (Å²) in [4.78, 5) is 9.60. The van der Waals surface area contributed by atoms with Crippen LogP contribution in [0.4, 0.5) is 0 Å². The van der Waals surface area contributed by atoms with Crippen molar-refractivity contribution in [1.29, 1.82) is 0 Å². The van der Waals surface area contributed by atoms with E-state index in [1.54, 1.807) is 6.20 Å². The number of rotatable bonds is 7. The van der Waals surface area contributed by atoms with E-state index in [0.29, 0.717) is 41.0 Å². The first-order valence-corrected chi connectivity index (χ1v) is 12.1. The Morgan fingerprint density at radius 2 is 1.76 bits per heavy atom. The molecule has 0 bridgehead atoms. The molecule has 2 N–H and O–H groups in total. The smallest absolute Gasteiger partial charge is 0.281 e. The molecule has 0 radical (unpaired) electrons. The number of ether oxygens (including phenoxy) is 2. The number of benzene rings is 2. The second-order valence-corrected chi connectivity index (χ2v) is 9.59. The van der Waals surface area contributed by atoms with Crippen LogP contribution in [0.1, 0.15) is 30.9 Å². The molecule has 1 unspecified atom stereocenters. The van der Waals surface area contributed by atoms with Crippen molar-refractivity contribution in [3.05, 3.63) is 77.4 Å². The molecule has 3 heterocycles. The minimum Gasteiger partial charge on any atom is -0.486 e. The van der Waals surface area contributed by atoms with Gasteiger partial charge in [0.05, 0.1) is 5.60 Å². The van der Waals surface area contributed by atoms with Gasteiger partial charge in [-0.15, -0.1) is 0 Å². The first-order chi connectivity index (χ1) is 16.1. The predicted octanol–water partition coefficient (Wildman–Crippen LogP) is 5.76. The SMILES string of the molecule is OC1(CC(Oc2ccc(Oc3nc4cccnc4s3)cc2)c2ccc(Cl)cc2)CCNCC1. The van der Waals surface area contributed by atoms with E-state index in [-0.39, 0.29) is 6.10 Å². The summed E-state index contributed by atoms with van der Waals surface area (Å²) >= 11 is 7.49. The minimum atomic E-state index is -0.764. The van der Waals surface area contributed by atoms with E-state index in [9.17, 15) is 5.11 Å². The molecule has 33 heavy (non-hydrogen) atoms. The summed E-state index contributed by atoms with van der Waals surface area (Å²) in [5.74, 6) is 1.37. The number of piperidine rings is 1. The van der Waals surface area contributed by atoms with Crippen LogP contribution in [0.2, 0.25) is 5.02 Å². The highest BCUT2D eigenvalue weighted by Crippen LogP contribution is 2.35. The number of hydrogen-bond acceptors (Lipinski definition) is 7. The summed E-state index contributed by atoms with van der Waals surface area (Å²) in [6, 6.07) is 18.8. The van der Waals surface area contributed by atoms with Crippen molar-refractivity contribution in [2.75, 3.05) is 13.1 Å². The standard InChI is InChI=1S/C25H24ClN3O3S/c26-18-5-3-17(4-6-18)22(16-25(30)11-14-27-15-12-25)31-19-7-9-20(10-8-19)32-24-29-21-2-1-13-28-23(21)33-24/h1-10,13,22,27,30H,11-12,14-16H2.